The van der Waals surface area contributed by atoms with Gasteiger partial charge in [-0.15, -0.1) is 0 Å². The fourth-order valence-corrected chi connectivity index (χ4v) is 1.98. The van der Waals surface area contributed by atoms with Crippen LogP contribution in [0.1, 0.15) is 39.5 Å². The minimum Gasteiger partial charge on any atom is -0.380 e. The van der Waals surface area contributed by atoms with Gasteiger partial charge in [0, 0.05) is 19.2 Å². The topological polar surface area (TPSA) is 50.4 Å². The van der Waals surface area contributed by atoms with Crippen molar-refractivity contribution in [2.75, 3.05) is 19.8 Å². The Bertz CT molecular complexity index is 203. The molecule has 1 rings (SSSR count). The number of amides is 1. The van der Waals surface area contributed by atoms with Crippen LogP contribution in [0.3, 0.4) is 0 Å². The average molecular weight is 228 g/mol. The average Bonchev–Trinajstić information content (AvgIpc) is 2.76. The fourth-order valence-electron chi connectivity index (χ4n) is 1.98. The van der Waals surface area contributed by atoms with E-state index in [9.17, 15) is 4.79 Å². The van der Waals surface area contributed by atoms with Crippen molar-refractivity contribution >= 4 is 5.91 Å². The quantitative estimate of drug-likeness (QED) is 0.641. The zero-order valence-corrected chi connectivity index (χ0v) is 10.4. The maximum atomic E-state index is 11.7. The van der Waals surface area contributed by atoms with Gasteiger partial charge in [-0.3, -0.25) is 4.79 Å². The highest BCUT2D eigenvalue weighted by Gasteiger charge is 2.19. The maximum absolute atomic E-state index is 11.7. The second kappa shape index (κ2) is 7.63. The third-order valence-electron chi connectivity index (χ3n) is 3.00. The first-order valence-electron chi connectivity index (χ1n) is 6.35. The molecular formula is C12H24N2O2. The molecule has 0 heterocycles. The molecule has 94 valence electrons. The van der Waals surface area contributed by atoms with Gasteiger partial charge in [-0.2, -0.15) is 0 Å². The minimum absolute atomic E-state index is 0.114. The lowest BCUT2D eigenvalue weighted by molar-refractivity contribution is -0.123. The summed E-state index contributed by atoms with van der Waals surface area (Å²) >= 11 is 0. The lowest BCUT2D eigenvalue weighted by Gasteiger charge is -2.17. The van der Waals surface area contributed by atoms with Crippen molar-refractivity contribution < 1.29 is 9.53 Å². The van der Waals surface area contributed by atoms with E-state index in [-0.39, 0.29) is 11.9 Å². The summed E-state index contributed by atoms with van der Waals surface area (Å²) in [6.45, 7) is 5.99. The molecule has 1 saturated carbocycles. The molecule has 4 heteroatoms. The van der Waals surface area contributed by atoms with Gasteiger partial charge in [0.1, 0.15) is 0 Å². The van der Waals surface area contributed by atoms with Gasteiger partial charge in [0.2, 0.25) is 5.91 Å². The maximum Gasteiger partial charge on any atom is 0.237 e. The zero-order chi connectivity index (χ0) is 11.8. The van der Waals surface area contributed by atoms with E-state index in [4.69, 9.17) is 4.74 Å². The van der Waals surface area contributed by atoms with Crippen molar-refractivity contribution in [1.82, 2.24) is 10.6 Å². The summed E-state index contributed by atoms with van der Waals surface area (Å²) in [7, 11) is 0. The summed E-state index contributed by atoms with van der Waals surface area (Å²) in [5.41, 5.74) is 0. The van der Waals surface area contributed by atoms with Crippen LogP contribution in [-0.4, -0.2) is 37.7 Å². The summed E-state index contributed by atoms with van der Waals surface area (Å²) < 4.78 is 5.20. The molecule has 1 fully saturated rings. The van der Waals surface area contributed by atoms with E-state index in [2.05, 4.69) is 10.6 Å². The zero-order valence-electron chi connectivity index (χ0n) is 10.4. The van der Waals surface area contributed by atoms with E-state index >= 15 is 0 Å². The van der Waals surface area contributed by atoms with Crippen LogP contribution < -0.4 is 10.6 Å². The van der Waals surface area contributed by atoms with Crippen molar-refractivity contribution in [1.29, 1.82) is 0 Å². The Balaban J connectivity index is 2.09. The standard InChI is InChI=1S/C12H24N2O2/c1-3-16-9-8-13-10(2)12(15)14-11-6-4-5-7-11/h10-11,13H,3-9H2,1-2H3,(H,14,15). The normalized spacial score (nSPS) is 18.6. The highest BCUT2D eigenvalue weighted by atomic mass is 16.5. The van der Waals surface area contributed by atoms with Gasteiger partial charge in [-0.25, -0.2) is 0 Å². The molecule has 0 aromatic heterocycles. The van der Waals surface area contributed by atoms with Gasteiger partial charge in [0.15, 0.2) is 0 Å². The molecule has 0 radical (unpaired) electrons. The smallest absolute Gasteiger partial charge is 0.237 e. The van der Waals surface area contributed by atoms with Gasteiger partial charge in [-0.05, 0) is 26.7 Å². The van der Waals surface area contributed by atoms with Crippen LogP contribution in [0.5, 0.6) is 0 Å². The lowest BCUT2D eigenvalue weighted by Crippen LogP contribution is -2.46. The largest absolute Gasteiger partial charge is 0.380 e. The molecular weight excluding hydrogens is 204 g/mol. The third-order valence-corrected chi connectivity index (χ3v) is 3.00. The molecule has 16 heavy (non-hydrogen) atoms. The highest BCUT2D eigenvalue weighted by Crippen LogP contribution is 2.17. The molecule has 4 nitrogen and oxygen atoms in total. The van der Waals surface area contributed by atoms with E-state index < -0.39 is 0 Å². The minimum atomic E-state index is -0.124. The van der Waals surface area contributed by atoms with Gasteiger partial charge in [0.25, 0.3) is 0 Å². The molecule has 0 spiro atoms. The Morgan fingerprint density at radius 2 is 2.12 bits per heavy atom. The van der Waals surface area contributed by atoms with Crippen LogP contribution in [0.15, 0.2) is 0 Å². The van der Waals surface area contributed by atoms with Crippen LogP contribution in [0, 0.1) is 0 Å². The number of nitrogens with one attached hydrogen (secondary N) is 2. The van der Waals surface area contributed by atoms with Crippen molar-refractivity contribution in [3.63, 3.8) is 0 Å². The number of rotatable bonds is 7. The van der Waals surface area contributed by atoms with Crippen LogP contribution in [0.25, 0.3) is 0 Å². The summed E-state index contributed by atoms with van der Waals surface area (Å²) in [6, 6.07) is 0.282. The Hall–Kier alpha value is -0.610. The van der Waals surface area contributed by atoms with Crippen LogP contribution in [0.4, 0.5) is 0 Å². The second-order valence-corrected chi connectivity index (χ2v) is 4.36. The summed E-state index contributed by atoms with van der Waals surface area (Å²) in [6.07, 6.45) is 4.77. The molecule has 1 aliphatic rings. The molecule has 1 aliphatic carbocycles. The van der Waals surface area contributed by atoms with Gasteiger partial charge in [0.05, 0.1) is 12.6 Å². The van der Waals surface area contributed by atoms with E-state index in [0.29, 0.717) is 12.6 Å². The Morgan fingerprint density at radius 3 is 2.75 bits per heavy atom. The van der Waals surface area contributed by atoms with Gasteiger partial charge in [-0.1, -0.05) is 12.8 Å². The van der Waals surface area contributed by atoms with Crippen molar-refractivity contribution in [2.24, 2.45) is 0 Å². The molecule has 0 aliphatic heterocycles. The fraction of sp³-hybridized carbons (Fsp3) is 0.917. The molecule has 0 aromatic carbocycles. The number of hydrogen-bond donors (Lipinski definition) is 2. The SMILES string of the molecule is CCOCCNC(C)C(=O)NC1CCCC1. The van der Waals surface area contributed by atoms with E-state index in [1.807, 2.05) is 13.8 Å². The van der Waals surface area contributed by atoms with Crippen LogP contribution >= 0.6 is 0 Å². The molecule has 1 amide bonds. The first-order chi connectivity index (χ1) is 7.74. The number of hydrogen-bond acceptors (Lipinski definition) is 3. The summed E-state index contributed by atoms with van der Waals surface area (Å²) in [5.74, 6) is 0.114. The Morgan fingerprint density at radius 1 is 1.44 bits per heavy atom. The van der Waals surface area contributed by atoms with Crippen LogP contribution in [0.2, 0.25) is 0 Å². The number of carbonyl (C=O) groups is 1. The predicted octanol–water partition coefficient (Wildman–Crippen LogP) is 1.06. The summed E-state index contributed by atoms with van der Waals surface area (Å²) in [4.78, 5) is 11.7. The van der Waals surface area contributed by atoms with E-state index in [1.54, 1.807) is 0 Å². The van der Waals surface area contributed by atoms with Gasteiger partial charge < -0.3 is 15.4 Å². The Kier molecular flexibility index (Phi) is 6.42. The third kappa shape index (κ3) is 4.94. The second-order valence-electron chi connectivity index (χ2n) is 4.36. The molecule has 2 N–H and O–H groups in total. The number of ether oxygens (including phenoxy) is 1. The van der Waals surface area contributed by atoms with Crippen molar-refractivity contribution in [3.05, 3.63) is 0 Å². The van der Waals surface area contributed by atoms with Crippen LogP contribution in [-0.2, 0) is 9.53 Å². The predicted molar refractivity (Wildman–Crippen MR) is 64.4 cm³/mol. The molecule has 1 atom stereocenters. The highest BCUT2D eigenvalue weighted by molar-refractivity contribution is 5.81. The molecule has 0 saturated heterocycles. The van der Waals surface area contributed by atoms with E-state index in [1.165, 1.54) is 12.8 Å². The van der Waals surface area contributed by atoms with Gasteiger partial charge >= 0.3 is 0 Å². The molecule has 1 unspecified atom stereocenters. The Labute approximate surface area is 98.1 Å². The summed E-state index contributed by atoms with van der Waals surface area (Å²) in [5, 5.41) is 6.23. The first-order valence-corrected chi connectivity index (χ1v) is 6.35. The molecule has 0 aromatic rings. The van der Waals surface area contributed by atoms with Crippen molar-refractivity contribution in [2.45, 2.75) is 51.6 Å². The van der Waals surface area contributed by atoms with E-state index in [0.717, 1.165) is 26.0 Å². The van der Waals surface area contributed by atoms with Crippen molar-refractivity contribution in [3.8, 4) is 0 Å². The monoisotopic (exact) mass is 228 g/mol. The number of carbonyl (C=O) groups excluding carboxylic acids is 1. The molecule has 0 bridgehead atoms. The lowest BCUT2D eigenvalue weighted by atomic mass is 10.2. The first kappa shape index (κ1) is 13.5.